The Balaban J connectivity index is 1.49. The second-order valence-corrected chi connectivity index (χ2v) is 17.8. The average molecular weight is 825 g/mol. The number of ether oxygens (including phenoxy) is 5. The van der Waals surface area contributed by atoms with Crippen LogP contribution < -0.4 is 0 Å². The van der Waals surface area contributed by atoms with Gasteiger partial charge < -0.3 is 38.6 Å². The van der Waals surface area contributed by atoms with Crippen LogP contribution in [0.15, 0.2) is 36.5 Å². The van der Waals surface area contributed by atoms with Crippen LogP contribution >= 0.6 is 0 Å². The minimum Gasteiger partial charge on any atom is -0.457 e. The van der Waals surface area contributed by atoms with Gasteiger partial charge in [0.05, 0.1) is 29.4 Å². The van der Waals surface area contributed by atoms with Crippen LogP contribution in [0.5, 0.6) is 0 Å². The molecule has 1 amide bonds. The molecule has 4 heterocycles. The van der Waals surface area contributed by atoms with E-state index in [-0.39, 0.29) is 43.7 Å². The van der Waals surface area contributed by atoms with Gasteiger partial charge in [-0.1, -0.05) is 52.8 Å². The number of methoxy groups -OCH3 is 1. The van der Waals surface area contributed by atoms with E-state index in [0.29, 0.717) is 19.5 Å². The Morgan fingerprint density at radius 1 is 1.00 bits per heavy atom. The number of aromatic nitrogens is 1. The fourth-order valence-electron chi connectivity index (χ4n) is 9.87. The molecule has 3 aliphatic rings. The number of aliphatic hydroxyl groups is 1. The zero-order valence-corrected chi connectivity index (χ0v) is 37.2. The predicted octanol–water partition coefficient (Wildman–Crippen LogP) is 5.26. The van der Waals surface area contributed by atoms with Crippen molar-refractivity contribution in [2.75, 3.05) is 41.3 Å². The highest BCUT2D eigenvalue weighted by molar-refractivity contribution is 6.00. The Morgan fingerprint density at radius 2 is 1.69 bits per heavy atom. The molecule has 1 aromatic heterocycles. The minimum atomic E-state index is -1.38. The van der Waals surface area contributed by atoms with E-state index in [1.54, 1.807) is 18.7 Å². The van der Waals surface area contributed by atoms with Gasteiger partial charge in [0.1, 0.15) is 23.9 Å². The number of hydrogen-bond acceptors (Lipinski definition) is 13. The second kappa shape index (κ2) is 19.0. The molecule has 0 aliphatic carbocycles. The van der Waals surface area contributed by atoms with Gasteiger partial charge in [0.25, 0.3) is 0 Å². The summed E-state index contributed by atoms with van der Waals surface area (Å²) >= 11 is 0. The number of nitrogens with zero attached hydrogens (tertiary/aromatic N) is 4. The first kappa shape index (κ1) is 46.5. The van der Waals surface area contributed by atoms with Crippen molar-refractivity contribution < 1.29 is 48.0 Å². The molecular formula is C45H68N4O10. The van der Waals surface area contributed by atoms with Crippen molar-refractivity contribution in [1.82, 2.24) is 19.7 Å². The lowest BCUT2D eigenvalue weighted by Gasteiger charge is -2.47. The van der Waals surface area contributed by atoms with Gasteiger partial charge in [-0.3, -0.25) is 24.3 Å². The Bertz CT molecular complexity index is 1810. The van der Waals surface area contributed by atoms with Gasteiger partial charge in [0, 0.05) is 62.1 Å². The first-order valence-corrected chi connectivity index (χ1v) is 21.3. The summed E-state index contributed by atoms with van der Waals surface area (Å²) in [7, 11) is 7.22. The van der Waals surface area contributed by atoms with Gasteiger partial charge in [-0.2, -0.15) is 0 Å². The van der Waals surface area contributed by atoms with Gasteiger partial charge in [0.15, 0.2) is 17.7 Å². The van der Waals surface area contributed by atoms with Crippen LogP contribution in [0, 0.1) is 23.7 Å². The van der Waals surface area contributed by atoms with Gasteiger partial charge in [-0.05, 0) is 85.3 Å². The number of amides is 1. The number of pyridine rings is 1. The zero-order chi connectivity index (χ0) is 43.6. The molecule has 328 valence electrons. The van der Waals surface area contributed by atoms with Crippen molar-refractivity contribution in [3.63, 3.8) is 0 Å². The second-order valence-electron chi connectivity index (χ2n) is 17.8. The maximum absolute atomic E-state index is 14.9. The van der Waals surface area contributed by atoms with Crippen LogP contribution in [0.2, 0.25) is 0 Å². The molecule has 5 rings (SSSR count). The monoisotopic (exact) mass is 824 g/mol. The predicted molar refractivity (Wildman–Crippen MR) is 222 cm³/mol. The summed E-state index contributed by atoms with van der Waals surface area (Å²) < 4.78 is 31.6. The molecule has 14 nitrogen and oxygen atoms in total. The molecule has 0 radical (unpaired) electrons. The first-order chi connectivity index (χ1) is 27.8. The van der Waals surface area contributed by atoms with E-state index in [9.17, 15) is 24.3 Å². The summed E-state index contributed by atoms with van der Waals surface area (Å²) in [6.07, 6.45) is -1.94. The molecule has 3 aliphatic heterocycles. The standard InChI is InChI=1S/C45H68N4O10/c1-13-35-45(14-2)39(49(43(54)59-45)20-19-48(11)25-31-22-32-17-15-16-18-33(32)46-24-31)28(5)36(50)26(3)23-44(8,55-12)40(29(6)37(51)30(7)41(53)57-35)58-42-38(52)34(47(9)10)21-27(4)56-42/h15-18,22,24,26-30,34-35,38-40,42,52H,13-14,19-21,23,25H2,1-12H3/t26-,27-,28+,29+,30-,34+,35-,38-,39-,40-,42+,44+,45-/m1/s1. The largest absolute Gasteiger partial charge is 0.457 e. The first-order valence-electron chi connectivity index (χ1n) is 21.3. The smallest absolute Gasteiger partial charge is 0.410 e. The fourth-order valence-corrected chi connectivity index (χ4v) is 9.87. The molecule has 3 saturated heterocycles. The highest BCUT2D eigenvalue weighted by atomic mass is 16.7. The number of cyclic esters (lactones) is 1. The third-order valence-electron chi connectivity index (χ3n) is 13.3. The number of rotatable bonds is 11. The maximum atomic E-state index is 14.9. The van der Waals surface area contributed by atoms with Crippen molar-refractivity contribution >= 4 is 34.5 Å². The molecule has 0 spiro atoms. The average Bonchev–Trinajstić information content (AvgIpc) is 3.51. The van der Waals surface area contributed by atoms with Crippen LogP contribution in [-0.4, -0.2) is 144 Å². The number of Topliss-reactive ketones (excluding diaryl/α,β-unsaturated/α-hetero) is 2. The van der Waals surface area contributed by atoms with Crippen molar-refractivity contribution in [1.29, 1.82) is 0 Å². The molecular weight excluding hydrogens is 757 g/mol. The van der Waals surface area contributed by atoms with E-state index in [0.717, 1.165) is 16.5 Å². The third-order valence-corrected chi connectivity index (χ3v) is 13.3. The number of fused-ring (bicyclic) bond motifs is 2. The number of hydrogen-bond donors (Lipinski definition) is 1. The fraction of sp³-hybridized carbons (Fsp3) is 0.711. The summed E-state index contributed by atoms with van der Waals surface area (Å²) in [5.74, 6) is -4.95. The van der Waals surface area contributed by atoms with Crippen molar-refractivity contribution in [3.05, 3.63) is 42.1 Å². The van der Waals surface area contributed by atoms with Crippen LogP contribution in [0.1, 0.15) is 86.6 Å². The molecule has 0 saturated carbocycles. The van der Waals surface area contributed by atoms with E-state index in [4.69, 9.17) is 23.7 Å². The number of carbonyl (C=O) groups excluding carboxylic acids is 4. The summed E-state index contributed by atoms with van der Waals surface area (Å²) in [5, 5.41) is 12.5. The topological polar surface area (TPSA) is 157 Å². The van der Waals surface area contributed by atoms with E-state index >= 15 is 0 Å². The molecule has 14 heteroatoms. The summed E-state index contributed by atoms with van der Waals surface area (Å²) in [6, 6.07) is 8.95. The number of para-hydroxylation sites is 1. The maximum Gasteiger partial charge on any atom is 0.410 e. The Hall–Kier alpha value is -3.53. The number of benzene rings is 1. The van der Waals surface area contributed by atoms with E-state index in [1.807, 2.05) is 91.1 Å². The zero-order valence-electron chi connectivity index (χ0n) is 37.2. The molecule has 2 aromatic rings. The summed E-state index contributed by atoms with van der Waals surface area (Å²) in [5.41, 5.74) is -0.718. The highest BCUT2D eigenvalue weighted by Crippen LogP contribution is 2.44. The molecule has 59 heavy (non-hydrogen) atoms. The SMILES string of the molecule is CC[C@H]1OC(=O)[C@H](C)C(=O)[C@H](C)[C@@H](O[C@@H]2O[C@H](C)C[C@H](N(C)C)[C@H]2O)[C@@](C)(OC)C[C@@H](C)C(=O)[C@H](C)[C@H]2N(CCN(C)Cc3cnc4ccccc4c3)C(=O)O[C@]12CC. The number of esters is 1. The molecule has 0 unspecified atom stereocenters. The quantitative estimate of drug-likeness (QED) is 0.232. The lowest BCUT2D eigenvalue weighted by Crippen LogP contribution is -2.61. The minimum absolute atomic E-state index is 0.129. The van der Waals surface area contributed by atoms with Crippen LogP contribution in [0.25, 0.3) is 10.9 Å². The van der Waals surface area contributed by atoms with E-state index < -0.39 is 83.4 Å². The molecule has 1 aromatic carbocycles. The van der Waals surface area contributed by atoms with E-state index in [1.165, 1.54) is 14.0 Å². The number of ketones is 2. The molecule has 1 N–H and O–H groups in total. The molecule has 3 fully saturated rings. The van der Waals surface area contributed by atoms with Crippen LogP contribution in [0.4, 0.5) is 4.79 Å². The van der Waals surface area contributed by atoms with Crippen LogP contribution in [0.3, 0.4) is 0 Å². The van der Waals surface area contributed by atoms with E-state index in [2.05, 4.69) is 16.0 Å². The molecule has 0 bridgehead atoms. The summed E-state index contributed by atoms with van der Waals surface area (Å²) in [4.78, 5) is 67.7. The van der Waals surface area contributed by atoms with Gasteiger partial charge in [-0.25, -0.2) is 4.79 Å². The van der Waals surface area contributed by atoms with Gasteiger partial charge in [-0.15, -0.1) is 0 Å². The van der Waals surface area contributed by atoms with Crippen LogP contribution in [-0.2, 0) is 44.6 Å². The number of aliphatic hydroxyl groups excluding tert-OH is 1. The third kappa shape index (κ3) is 9.53. The van der Waals surface area contributed by atoms with Gasteiger partial charge >= 0.3 is 12.1 Å². The van der Waals surface area contributed by atoms with Crippen molar-refractivity contribution in [2.45, 2.75) is 142 Å². The van der Waals surface area contributed by atoms with Crippen molar-refractivity contribution in [3.8, 4) is 0 Å². The highest BCUT2D eigenvalue weighted by Gasteiger charge is 2.62. The van der Waals surface area contributed by atoms with Crippen molar-refractivity contribution in [2.24, 2.45) is 23.7 Å². The van der Waals surface area contributed by atoms with Gasteiger partial charge in [0.2, 0.25) is 0 Å². The Kier molecular flexibility index (Phi) is 15.0. The lowest BCUT2D eigenvalue weighted by molar-refractivity contribution is -0.295. The summed E-state index contributed by atoms with van der Waals surface area (Å²) in [6.45, 7) is 15.5. The lowest BCUT2D eigenvalue weighted by atomic mass is 9.72. The Morgan fingerprint density at radius 3 is 2.34 bits per heavy atom. The molecule has 13 atom stereocenters. The normalized spacial score (nSPS) is 36.5. The Labute approximate surface area is 350 Å². The number of likely N-dealkylation sites (N-methyl/N-ethyl adjacent to an activating group) is 2. The number of carbonyl (C=O) groups is 4.